The van der Waals surface area contributed by atoms with Crippen molar-refractivity contribution in [2.45, 2.75) is 12.6 Å². The molecule has 0 bridgehead atoms. The van der Waals surface area contributed by atoms with Crippen LogP contribution in [0, 0.1) is 0 Å². The van der Waals surface area contributed by atoms with E-state index in [1.807, 2.05) is 12.1 Å². The Morgan fingerprint density at radius 1 is 1.06 bits per heavy atom. The van der Waals surface area contributed by atoms with Gasteiger partial charge < -0.3 is 9.88 Å². The summed E-state index contributed by atoms with van der Waals surface area (Å²) in [5.74, 6) is 0.330. The second-order valence-corrected chi connectivity index (χ2v) is 7.50. The topological polar surface area (TPSA) is 46.9 Å². The standard InChI is InChI=1S/C23H17ClF3N3O/c1-30-20-11-8-15(23(25,26)27)13-19(20)29-21(30)12-14-6-9-16(10-7-14)28-22(31)17-4-2-3-5-18(17)24/h2-11,13H,12H2,1H3,(H,28,31). The third-order valence-electron chi connectivity index (χ3n) is 4.99. The van der Waals surface area contributed by atoms with Gasteiger partial charge in [-0.3, -0.25) is 4.79 Å². The Labute approximate surface area is 181 Å². The summed E-state index contributed by atoms with van der Waals surface area (Å²) in [5, 5.41) is 3.16. The number of fused-ring (bicyclic) bond motifs is 1. The summed E-state index contributed by atoms with van der Waals surface area (Å²) in [7, 11) is 1.77. The van der Waals surface area contributed by atoms with E-state index in [0.717, 1.165) is 17.7 Å². The van der Waals surface area contributed by atoms with Gasteiger partial charge in [0, 0.05) is 19.2 Å². The van der Waals surface area contributed by atoms with Crippen LogP contribution in [0.4, 0.5) is 18.9 Å². The molecule has 0 aliphatic carbocycles. The van der Waals surface area contributed by atoms with Crippen LogP contribution in [0.5, 0.6) is 0 Å². The molecule has 0 spiro atoms. The zero-order valence-corrected chi connectivity index (χ0v) is 17.1. The number of carbonyl (C=O) groups is 1. The van der Waals surface area contributed by atoms with E-state index in [-0.39, 0.29) is 5.91 Å². The van der Waals surface area contributed by atoms with Crippen LogP contribution >= 0.6 is 11.6 Å². The zero-order valence-electron chi connectivity index (χ0n) is 16.4. The molecule has 0 saturated heterocycles. The van der Waals surface area contributed by atoms with Crippen LogP contribution in [0.2, 0.25) is 5.02 Å². The number of alkyl halides is 3. The Hall–Kier alpha value is -3.32. The van der Waals surface area contributed by atoms with Crippen LogP contribution < -0.4 is 5.32 Å². The monoisotopic (exact) mass is 443 g/mol. The second kappa shape index (κ2) is 8.07. The number of aryl methyl sites for hydroxylation is 1. The van der Waals surface area contributed by atoms with Crippen LogP contribution in [-0.2, 0) is 19.6 Å². The minimum atomic E-state index is -4.41. The predicted octanol–water partition coefficient (Wildman–Crippen LogP) is 6.09. The van der Waals surface area contributed by atoms with Gasteiger partial charge in [-0.05, 0) is 48.0 Å². The number of carbonyl (C=O) groups excluding carboxylic acids is 1. The molecular formula is C23H17ClF3N3O. The molecule has 4 rings (SSSR count). The molecule has 31 heavy (non-hydrogen) atoms. The van der Waals surface area contributed by atoms with Gasteiger partial charge in [0.1, 0.15) is 5.82 Å². The quantitative estimate of drug-likeness (QED) is 0.415. The van der Waals surface area contributed by atoms with E-state index in [1.165, 1.54) is 6.07 Å². The molecule has 0 atom stereocenters. The molecule has 0 radical (unpaired) electrons. The average Bonchev–Trinajstić information content (AvgIpc) is 3.04. The van der Waals surface area contributed by atoms with Crippen molar-refractivity contribution < 1.29 is 18.0 Å². The highest BCUT2D eigenvalue weighted by atomic mass is 35.5. The average molecular weight is 444 g/mol. The predicted molar refractivity (Wildman–Crippen MR) is 114 cm³/mol. The number of hydrogen-bond acceptors (Lipinski definition) is 2. The van der Waals surface area contributed by atoms with E-state index in [4.69, 9.17) is 11.6 Å². The third kappa shape index (κ3) is 4.41. The molecule has 1 N–H and O–H groups in total. The summed E-state index contributed by atoms with van der Waals surface area (Å²) < 4.78 is 40.7. The van der Waals surface area contributed by atoms with Crippen molar-refractivity contribution in [3.8, 4) is 0 Å². The lowest BCUT2D eigenvalue weighted by molar-refractivity contribution is -0.137. The van der Waals surface area contributed by atoms with E-state index < -0.39 is 11.7 Å². The van der Waals surface area contributed by atoms with Gasteiger partial charge in [-0.15, -0.1) is 0 Å². The van der Waals surface area contributed by atoms with Crippen molar-refractivity contribution >= 4 is 34.2 Å². The van der Waals surface area contributed by atoms with Crippen LogP contribution in [0.3, 0.4) is 0 Å². The minimum Gasteiger partial charge on any atom is -0.331 e. The molecular weight excluding hydrogens is 427 g/mol. The number of halogens is 4. The van der Waals surface area contributed by atoms with Crippen molar-refractivity contribution in [3.05, 3.63) is 94.3 Å². The smallest absolute Gasteiger partial charge is 0.331 e. The Morgan fingerprint density at radius 3 is 2.45 bits per heavy atom. The van der Waals surface area contributed by atoms with Crippen LogP contribution in [-0.4, -0.2) is 15.5 Å². The van der Waals surface area contributed by atoms with E-state index in [9.17, 15) is 18.0 Å². The lowest BCUT2D eigenvalue weighted by Crippen LogP contribution is -2.12. The van der Waals surface area contributed by atoms with Gasteiger partial charge >= 0.3 is 6.18 Å². The van der Waals surface area contributed by atoms with Gasteiger partial charge in [0.2, 0.25) is 0 Å². The maximum Gasteiger partial charge on any atom is 0.416 e. The molecule has 8 heteroatoms. The van der Waals surface area contributed by atoms with Gasteiger partial charge in [0.15, 0.2) is 0 Å². The van der Waals surface area contributed by atoms with Crippen molar-refractivity contribution in [3.63, 3.8) is 0 Å². The summed E-state index contributed by atoms with van der Waals surface area (Å²) in [4.78, 5) is 16.7. The first kappa shape index (κ1) is 20.9. The molecule has 0 aliphatic rings. The molecule has 1 heterocycles. The van der Waals surface area contributed by atoms with Crippen LogP contribution in [0.15, 0.2) is 66.7 Å². The summed E-state index contributed by atoms with van der Waals surface area (Å²) in [6.07, 6.45) is -3.97. The molecule has 0 unspecified atom stereocenters. The first-order valence-electron chi connectivity index (χ1n) is 9.40. The highest BCUT2D eigenvalue weighted by Crippen LogP contribution is 2.31. The third-order valence-corrected chi connectivity index (χ3v) is 5.32. The Balaban J connectivity index is 1.51. The van der Waals surface area contributed by atoms with Crippen molar-refractivity contribution in [1.29, 1.82) is 0 Å². The molecule has 1 amide bonds. The van der Waals surface area contributed by atoms with Crippen LogP contribution in [0.1, 0.15) is 27.3 Å². The number of amides is 1. The van der Waals surface area contributed by atoms with E-state index in [1.54, 1.807) is 48.0 Å². The molecule has 0 fully saturated rings. The SMILES string of the molecule is Cn1c(Cc2ccc(NC(=O)c3ccccc3Cl)cc2)nc2cc(C(F)(F)F)ccc21. The van der Waals surface area contributed by atoms with Crippen molar-refractivity contribution in [2.75, 3.05) is 5.32 Å². The molecule has 1 aromatic heterocycles. The van der Waals surface area contributed by atoms with Crippen molar-refractivity contribution in [1.82, 2.24) is 9.55 Å². The highest BCUT2D eigenvalue weighted by Gasteiger charge is 2.31. The van der Waals surface area contributed by atoms with Gasteiger partial charge in [-0.2, -0.15) is 13.2 Å². The normalized spacial score (nSPS) is 11.6. The summed E-state index contributed by atoms with van der Waals surface area (Å²) in [6, 6.07) is 17.5. The highest BCUT2D eigenvalue weighted by molar-refractivity contribution is 6.34. The second-order valence-electron chi connectivity index (χ2n) is 7.10. The summed E-state index contributed by atoms with van der Waals surface area (Å²) >= 11 is 6.05. The van der Waals surface area contributed by atoms with Crippen LogP contribution in [0.25, 0.3) is 11.0 Å². The number of imidazole rings is 1. The van der Waals surface area contributed by atoms with Gasteiger partial charge in [-0.25, -0.2) is 4.98 Å². The molecule has 0 saturated carbocycles. The fourth-order valence-corrected chi connectivity index (χ4v) is 3.54. The Morgan fingerprint density at radius 2 is 1.77 bits per heavy atom. The fraction of sp³-hybridized carbons (Fsp3) is 0.130. The van der Waals surface area contributed by atoms with E-state index in [0.29, 0.717) is 39.6 Å². The number of anilines is 1. The Kier molecular flexibility index (Phi) is 5.45. The molecule has 3 aromatic carbocycles. The van der Waals surface area contributed by atoms with Gasteiger partial charge in [0.05, 0.1) is 27.2 Å². The summed E-state index contributed by atoms with van der Waals surface area (Å²) in [5.41, 5.74) is 2.11. The molecule has 4 nitrogen and oxygen atoms in total. The van der Waals surface area contributed by atoms with Gasteiger partial charge in [0.25, 0.3) is 5.91 Å². The van der Waals surface area contributed by atoms with Crippen molar-refractivity contribution in [2.24, 2.45) is 7.05 Å². The number of nitrogens with one attached hydrogen (secondary N) is 1. The minimum absolute atomic E-state index is 0.302. The first-order valence-corrected chi connectivity index (χ1v) is 9.77. The number of hydrogen-bond donors (Lipinski definition) is 1. The fourth-order valence-electron chi connectivity index (χ4n) is 3.32. The molecule has 158 valence electrons. The number of nitrogens with zero attached hydrogens (tertiary/aromatic N) is 2. The first-order chi connectivity index (χ1) is 14.7. The number of rotatable bonds is 4. The molecule has 4 aromatic rings. The Bertz CT molecular complexity index is 1260. The van der Waals surface area contributed by atoms with Gasteiger partial charge in [-0.1, -0.05) is 35.9 Å². The lowest BCUT2D eigenvalue weighted by atomic mass is 10.1. The number of benzene rings is 3. The zero-order chi connectivity index (χ0) is 22.2. The maximum atomic E-state index is 13.0. The molecule has 0 aliphatic heterocycles. The van der Waals surface area contributed by atoms with E-state index >= 15 is 0 Å². The lowest BCUT2D eigenvalue weighted by Gasteiger charge is -2.08. The number of aromatic nitrogens is 2. The maximum absolute atomic E-state index is 13.0. The van der Waals surface area contributed by atoms with E-state index in [2.05, 4.69) is 10.3 Å². The largest absolute Gasteiger partial charge is 0.416 e. The summed E-state index contributed by atoms with van der Waals surface area (Å²) in [6.45, 7) is 0.